The van der Waals surface area contributed by atoms with Crippen molar-refractivity contribution in [3.8, 4) is 0 Å². The Morgan fingerprint density at radius 3 is 2.92 bits per heavy atom. The maximum Gasteiger partial charge on any atom is 0.257 e. The Kier molecular flexibility index (Phi) is 3.02. The number of H-pyrrole nitrogens is 1. The first-order valence-corrected chi connectivity index (χ1v) is 5.17. The summed E-state index contributed by atoms with van der Waals surface area (Å²) >= 11 is 0. The number of nitrogens with one attached hydrogen (secondary N) is 2. The molecule has 0 aliphatic carbocycles. The zero-order valence-electron chi connectivity index (χ0n) is 7.06. The highest BCUT2D eigenvalue weighted by molar-refractivity contribution is 7.89. The van der Waals surface area contributed by atoms with Crippen molar-refractivity contribution < 1.29 is 13.5 Å². The van der Waals surface area contributed by atoms with Crippen molar-refractivity contribution in [3.63, 3.8) is 0 Å². The van der Waals surface area contributed by atoms with Crippen molar-refractivity contribution >= 4 is 10.0 Å². The Balaban J connectivity index is 2.68. The quantitative estimate of drug-likeness (QED) is 0.591. The molecule has 0 saturated heterocycles. The molecule has 74 valence electrons. The number of hydrogen-bond acceptors (Lipinski definition) is 4. The zero-order chi connectivity index (χ0) is 9.90. The number of nitrogens with zero attached hydrogens (tertiary/aromatic N) is 1. The predicted molar refractivity (Wildman–Crippen MR) is 45.5 cm³/mol. The fourth-order valence-electron chi connectivity index (χ4n) is 0.698. The summed E-state index contributed by atoms with van der Waals surface area (Å²) in [5.74, 6) is 0. The summed E-state index contributed by atoms with van der Waals surface area (Å²) in [4.78, 5) is 6.04. The van der Waals surface area contributed by atoms with Crippen LogP contribution in [-0.2, 0) is 10.0 Å². The minimum absolute atomic E-state index is 0.00634. The SMILES string of the molecule is C[C@H](O)CNS(=O)(=O)c1cnc[nH]1. The Labute approximate surface area is 76.1 Å². The van der Waals surface area contributed by atoms with Crippen LogP contribution in [0.25, 0.3) is 0 Å². The average molecular weight is 205 g/mol. The van der Waals surface area contributed by atoms with Gasteiger partial charge in [-0.05, 0) is 6.92 Å². The molecule has 0 saturated carbocycles. The van der Waals surface area contributed by atoms with Crippen LogP contribution in [0, 0.1) is 0 Å². The highest BCUT2D eigenvalue weighted by Gasteiger charge is 2.15. The van der Waals surface area contributed by atoms with Gasteiger partial charge in [-0.25, -0.2) is 18.1 Å². The molecule has 13 heavy (non-hydrogen) atoms. The molecule has 0 aliphatic rings. The van der Waals surface area contributed by atoms with Crippen LogP contribution < -0.4 is 4.72 Å². The van der Waals surface area contributed by atoms with Gasteiger partial charge in [-0.2, -0.15) is 0 Å². The van der Waals surface area contributed by atoms with E-state index in [1.54, 1.807) is 0 Å². The lowest BCUT2D eigenvalue weighted by Gasteiger charge is -2.05. The van der Waals surface area contributed by atoms with Gasteiger partial charge in [-0.1, -0.05) is 0 Å². The number of aliphatic hydroxyl groups is 1. The molecule has 1 heterocycles. The second kappa shape index (κ2) is 3.86. The predicted octanol–water partition coefficient (Wildman–Crippen LogP) is -0.931. The van der Waals surface area contributed by atoms with E-state index >= 15 is 0 Å². The van der Waals surface area contributed by atoms with Crippen molar-refractivity contribution in [3.05, 3.63) is 12.5 Å². The van der Waals surface area contributed by atoms with E-state index in [4.69, 9.17) is 5.11 Å². The monoisotopic (exact) mass is 205 g/mol. The fourth-order valence-corrected chi connectivity index (χ4v) is 1.72. The highest BCUT2D eigenvalue weighted by Crippen LogP contribution is 2.01. The molecule has 1 rings (SSSR count). The molecular weight excluding hydrogens is 194 g/mol. The third kappa shape index (κ3) is 2.79. The molecule has 1 aromatic heterocycles. The molecule has 0 unspecified atom stereocenters. The van der Waals surface area contributed by atoms with Gasteiger partial charge in [0.25, 0.3) is 10.0 Å². The number of aromatic amines is 1. The van der Waals surface area contributed by atoms with Crippen LogP contribution in [-0.4, -0.2) is 36.1 Å². The molecule has 0 radical (unpaired) electrons. The first kappa shape index (κ1) is 10.2. The van der Waals surface area contributed by atoms with E-state index in [2.05, 4.69) is 14.7 Å². The van der Waals surface area contributed by atoms with E-state index in [-0.39, 0.29) is 11.6 Å². The van der Waals surface area contributed by atoms with Gasteiger partial charge in [0.15, 0.2) is 5.03 Å². The van der Waals surface area contributed by atoms with E-state index in [1.165, 1.54) is 19.4 Å². The smallest absolute Gasteiger partial charge is 0.257 e. The van der Waals surface area contributed by atoms with Crippen LogP contribution in [0.15, 0.2) is 17.6 Å². The van der Waals surface area contributed by atoms with Crippen LogP contribution in [0.5, 0.6) is 0 Å². The van der Waals surface area contributed by atoms with Crippen molar-refractivity contribution in [2.24, 2.45) is 0 Å². The molecular formula is C6H11N3O3S. The summed E-state index contributed by atoms with van der Waals surface area (Å²) in [7, 11) is -3.54. The van der Waals surface area contributed by atoms with Gasteiger partial charge in [0.1, 0.15) is 0 Å². The summed E-state index contributed by atoms with van der Waals surface area (Å²) in [6.07, 6.45) is 1.76. The van der Waals surface area contributed by atoms with Crippen LogP contribution in [0.2, 0.25) is 0 Å². The summed E-state index contributed by atoms with van der Waals surface area (Å²) in [5.41, 5.74) is 0. The molecule has 1 aromatic rings. The van der Waals surface area contributed by atoms with Crippen LogP contribution in [0.1, 0.15) is 6.92 Å². The first-order valence-electron chi connectivity index (χ1n) is 3.68. The molecule has 6 nitrogen and oxygen atoms in total. The van der Waals surface area contributed by atoms with Crippen molar-refractivity contribution in [2.45, 2.75) is 18.1 Å². The number of rotatable bonds is 4. The Bertz CT molecular complexity index is 343. The summed E-state index contributed by atoms with van der Waals surface area (Å²) in [6, 6.07) is 0. The molecule has 0 amide bonds. The number of hydrogen-bond donors (Lipinski definition) is 3. The van der Waals surface area contributed by atoms with Crippen molar-refractivity contribution in [1.82, 2.24) is 14.7 Å². The third-order valence-electron chi connectivity index (χ3n) is 1.33. The molecule has 7 heteroatoms. The number of imidazole rings is 1. The van der Waals surface area contributed by atoms with Crippen LogP contribution >= 0.6 is 0 Å². The van der Waals surface area contributed by atoms with Gasteiger partial charge >= 0.3 is 0 Å². The molecule has 0 aromatic carbocycles. The Morgan fingerprint density at radius 2 is 2.46 bits per heavy atom. The summed E-state index contributed by atoms with van der Waals surface area (Å²) < 4.78 is 24.8. The van der Waals surface area contributed by atoms with E-state index in [0.717, 1.165) is 0 Å². The maximum absolute atomic E-state index is 11.3. The minimum Gasteiger partial charge on any atom is -0.392 e. The topological polar surface area (TPSA) is 95.1 Å². The Morgan fingerprint density at radius 1 is 1.77 bits per heavy atom. The molecule has 0 fully saturated rings. The minimum atomic E-state index is -3.54. The van der Waals surface area contributed by atoms with Crippen LogP contribution in [0.3, 0.4) is 0 Å². The van der Waals surface area contributed by atoms with Gasteiger partial charge in [0, 0.05) is 6.54 Å². The van der Waals surface area contributed by atoms with E-state index in [9.17, 15) is 8.42 Å². The van der Waals surface area contributed by atoms with Gasteiger partial charge in [-0.15, -0.1) is 0 Å². The molecule has 0 aliphatic heterocycles. The van der Waals surface area contributed by atoms with Gasteiger partial charge in [0.2, 0.25) is 0 Å². The standard InChI is InChI=1S/C6H11N3O3S/c1-5(10)2-9-13(11,12)6-3-7-4-8-6/h3-5,9-10H,2H2,1H3,(H,7,8)/t5-/m0/s1. The summed E-state index contributed by atoms with van der Waals surface area (Å²) in [5, 5.41) is 8.85. The lowest BCUT2D eigenvalue weighted by atomic mass is 10.4. The molecule has 1 atom stereocenters. The number of aromatic nitrogens is 2. The Hall–Kier alpha value is -0.920. The molecule has 3 N–H and O–H groups in total. The fraction of sp³-hybridized carbons (Fsp3) is 0.500. The third-order valence-corrected chi connectivity index (χ3v) is 2.68. The lowest BCUT2D eigenvalue weighted by Crippen LogP contribution is -2.30. The largest absolute Gasteiger partial charge is 0.392 e. The van der Waals surface area contributed by atoms with E-state index < -0.39 is 16.1 Å². The van der Waals surface area contributed by atoms with Crippen molar-refractivity contribution in [1.29, 1.82) is 0 Å². The zero-order valence-corrected chi connectivity index (χ0v) is 7.87. The van der Waals surface area contributed by atoms with E-state index in [0.29, 0.717) is 0 Å². The second-order valence-electron chi connectivity index (χ2n) is 2.62. The van der Waals surface area contributed by atoms with E-state index in [1.807, 2.05) is 0 Å². The molecule has 0 bridgehead atoms. The highest BCUT2D eigenvalue weighted by atomic mass is 32.2. The normalized spacial score (nSPS) is 14.3. The first-order chi connectivity index (χ1) is 6.02. The van der Waals surface area contributed by atoms with Crippen LogP contribution in [0.4, 0.5) is 0 Å². The average Bonchev–Trinajstić information content (AvgIpc) is 2.53. The second-order valence-corrected chi connectivity index (χ2v) is 4.35. The lowest BCUT2D eigenvalue weighted by molar-refractivity contribution is 0.198. The number of sulfonamides is 1. The maximum atomic E-state index is 11.3. The van der Waals surface area contributed by atoms with Crippen molar-refractivity contribution in [2.75, 3.05) is 6.54 Å². The number of aliphatic hydroxyl groups excluding tert-OH is 1. The van der Waals surface area contributed by atoms with Gasteiger partial charge < -0.3 is 10.1 Å². The van der Waals surface area contributed by atoms with Gasteiger partial charge in [0.05, 0.1) is 18.6 Å². The van der Waals surface area contributed by atoms with Gasteiger partial charge in [-0.3, -0.25) is 0 Å². The molecule has 0 spiro atoms. The summed E-state index contributed by atoms with van der Waals surface area (Å²) in [6.45, 7) is 1.48.